The van der Waals surface area contributed by atoms with E-state index in [0.717, 1.165) is 6.07 Å². The van der Waals surface area contributed by atoms with Gasteiger partial charge in [0.15, 0.2) is 0 Å². The van der Waals surface area contributed by atoms with Gasteiger partial charge in [0.2, 0.25) is 0 Å². The van der Waals surface area contributed by atoms with Crippen molar-refractivity contribution in [3.8, 4) is 5.75 Å². The number of carbonyl (C=O) groups excluding carboxylic acids is 2. The maximum absolute atomic E-state index is 13.0. The Hall–Kier alpha value is -4.17. The van der Waals surface area contributed by atoms with Crippen molar-refractivity contribution in [1.82, 2.24) is 0 Å². The van der Waals surface area contributed by atoms with Gasteiger partial charge in [0.25, 0.3) is 17.4 Å². The molecule has 4 rings (SSSR count). The van der Waals surface area contributed by atoms with Crippen molar-refractivity contribution in [2.45, 2.75) is 6.04 Å². The lowest BCUT2D eigenvalue weighted by atomic mass is 9.95. The van der Waals surface area contributed by atoms with Crippen LogP contribution < -0.4 is 4.90 Å². The quantitative estimate of drug-likeness (QED) is 0.197. The van der Waals surface area contributed by atoms with E-state index in [1.54, 1.807) is 24.3 Å². The topological polar surface area (TPSA) is 121 Å². The summed E-state index contributed by atoms with van der Waals surface area (Å²) in [5, 5.41) is 32.5. The molecular weight excluding hydrogens is 436 g/mol. The lowest BCUT2D eigenvalue weighted by molar-refractivity contribution is -0.384. The summed E-state index contributed by atoms with van der Waals surface area (Å²) in [6.45, 7) is 0. The van der Waals surface area contributed by atoms with Crippen LogP contribution in [0.25, 0.3) is 5.76 Å². The minimum atomic E-state index is -1.10. The van der Waals surface area contributed by atoms with Crippen LogP contribution in [0.15, 0.2) is 78.4 Å². The summed E-state index contributed by atoms with van der Waals surface area (Å²) in [6.07, 6.45) is 0. The smallest absolute Gasteiger partial charge is 0.300 e. The van der Waals surface area contributed by atoms with Gasteiger partial charge in [0.05, 0.1) is 16.5 Å². The number of rotatable bonds is 4. The number of phenolic OH excluding ortho intramolecular Hbond substituents is 1. The number of aliphatic hydroxyl groups is 1. The number of amides is 1. The summed E-state index contributed by atoms with van der Waals surface area (Å²) in [4.78, 5) is 37.7. The van der Waals surface area contributed by atoms with Crippen molar-refractivity contribution in [1.29, 1.82) is 0 Å². The monoisotopic (exact) mass is 450 g/mol. The van der Waals surface area contributed by atoms with Crippen molar-refractivity contribution in [2.75, 3.05) is 4.90 Å². The highest BCUT2D eigenvalue weighted by Gasteiger charge is 2.47. The molecule has 1 aliphatic heterocycles. The van der Waals surface area contributed by atoms with E-state index in [1.807, 2.05) is 0 Å². The van der Waals surface area contributed by atoms with Crippen LogP contribution in [0.1, 0.15) is 17.2 Å². The second kappa shape index (κ2) is 8.16. The molecule has 1 unspecified atom stereocenters. The molecule has 160 valence electrons. The summed E-state index contributed by atoms with van der Waals surface area (Å²) in [5.74, 6) is -2.55. The number of hydrogen-bond acceptors (Lipinski definition) is 6. The number of benzene rings is 3. The number of phenols is 1. The second-order valence-electron chi connectivity index (χ2n) is 7.05. The van der Waals surface area contributed by atoms with Crippen LogP contribution >= 0.6 is 11.6 Å². The number of Topliss-reactive ketones (excluding diaryl/α,β-unsaturated/α-hetero) is 1. The van der Waals surface area contributed by atoms with Gasteiger partial charge in [-0.1, -0.05) is 41.9 Å². The van der Waals surface area contributed by atoms with Gasteiger partial charge in [0, 0.05) is 28.4 Å². The number of aliphatic hydroxyl groups excluding tert-OH is 1. The number of nitro groups is 1. The van der Waals surface area contributed by atoms with E-state index in [2.05, 4.69) is 0 Å². The average Bonchev–Trinajstić information content (AvgIpc) is 3.04. The molecule has 1 fully saturated rings. The van der Waals surface area contributed by atoms with Gasteiger partial charge in [-0.05, 0) is 35.9 Å². The van der Waals surface area contributed by atoms with Crippen LogP contribution in [0.3, 0.4) is 0 Å². The number of non-ortho nitro benzene ring substituents is 1. The summed E-state index contributed by atoms with van der Waals surface area (Å²) < 4.78 is 0. The molecule has 3 aromatic rings. The zero-order chi connectivity index (χ0) is 23.0. The fraction of sp³-hybridized carbons (Fsp3) is 0.0435. The molecular formula is C23H15ClN2O6. The Bertz CT molecular complexity index is 1300. The number of halogens is 1. The standard InChI is InChI=1S/C23H15ClN2O6/c24-15-6-3-7-16(12-15)25-20(13-4-2-9-18(27)11-13)19(22(29)23(25)30)21(28)14-5-1-8-17(10-14)26(31)32/h1-12,20,27-28H/b21-19-. The SMILES string of the molecule is O=C1C(=O)N(c2cccc(Cl)c2)C(c2cccc(O)c2)/C1=C(/O)c1cccc([N+](=O)[O-])c1. The van der Waals surface area contributed by atoms with Gasteiger partial charge in [-0.25, -0.2) is 0 Å². The molecule has 0 spiro atoms. The van der Waals surface area contributed by atoms with E-state index >= 15 is 0 Å². The van der Waals surface area contributed by atoms with E-state index in [-0.39, 0.29) is 22.6 Å². The first kappa shape index (κ1) is 21.1. The normalized spacial score (nSPS) is 17.5. The molecule has 9 heteroatoms. The molecule has 2 N–H and O–H groups in total. The molecule has 0 saturated carbocycles. The Morgan fingerprint density at radius 1 is 1.00 bits per heavy atom. The highest BCUT2D eigenvalue weighted by molar-refractivity contribution is 6.51. The molecule has 32 heavy (non-hydrogen) atoms. The third kappa shape index (κ3) is 3.67. The molecule has 0 radical (unpaired) electrons. The first-order valence-corrected chi connectivity index (χ1v) is 9.76. The Morgan fingerprint density at radius 3 is 2.41 bits per heavy atom. The summed E-state index contributed by atoms with van der Waals surface area (Å²) in [5.41, 5.74) is 0.128. The van der Waals surface area contributed by atoms with Gasteiger partial charge >= 0.3 is 0 Å². The molecule has 0 bridgehead atoms. The van der Waals surface area contributed by atoms with E-state index in [9.17, 15) is 29.9 Å². The first-order chi connectivity index (χ1) is 15.3. The molecule has 8 nitrogen and oxygen atoms in total. The third-order valence-electron chi connectivity index (χ3n) is 5.05. The zero-order valence-electron chi connectivity index (χ0n) is 16.3. The lowest BCUT2D eigenvalue weighted by Gasteiger charge is -2.25. The molecule has 1 amide bonds. The van der Waals surface area contributed by atoms with E-state index in [1.165, 1.54) is 47.4 Å². The Labute approximate surface area is 186 Å². The number of carbonyl (C=O) groups is 2. The van der Waals surface area contributed by atoms with E-state index in [0.29, 0.717) is 16.3 Å². The first-order valence-electron chi connectivity index (χ1n) is 9.38. The maximum atomic E-state index is 13.0. The van der Waals surface area contributed by atoms with Gasteiger partial charge in [-0.2, -0.15) is 0 Å². The largest absolute Gasteiger partial charge is 0.508 e. The molecule has 1 aliphatic rings. The fourth-order valence-corrected chi connectivity index (χ4v) is 3.84. The number of hydrogen-bond donors (Lipinski definition) is 2. The molecule has 3 aromatic carbocycles. The van der Waals surface area contributed by atoms with Crippen molar-refractivity contribution in [3.05, 3.63) is 105 Å². The zero-order valence-corrected chi connectivity index (χ0v) is 17.1. The van der Waals surface area contributed by atoms with Gasteiger partial charge in [-0.15, -0.1) is 0 Å². The van der Waals surface area contributed by atoms with Gasteiger partial charge in [-0.3, -0.25) is 24.6 Å². The number of nitrogens with zero attached hydrogens (tertiary/aromatic N) is 2. The Kier molecular flexibility index (Phi) is 5.38. The van der Waals surface area contributed by atoms with Crippen LogP contribution in [-0.2, 0) is 9.59 Å². The fourth-order valence-electron chi connectivity index (χ4n) is 3.66. The maximum Gasteiger partial charge on any atom is 0.300 e. The molecule has 1 atom stereocenters. The van der Waals surface area contributed by atoms with E-state index in [4.69, 9.17) is 11.6 Å². The molecule has 0 aliphatic carbocycles. The van der Waals surface area contributed by atoms with Gasteiger partial charge in [0.1, 0.15) is 11.5 Å². The Morgan fingerprint density at radius 2 is 1.72 bits per heavy atom. The predicted molar refractivity (Wildman–Crippen MR) is 117 cm³/mol. The van der Waals surface area contributed by atoms with Crippen molar-refractivity contribution in [3.63, 3.8) is 0 Å². The molecule has 1 saturated heterocycles. The van der Waals surface area contributed by atoms with Crippen LogP contribution in [-0.4, -0.2) is 26.8 Å². The minimum absolute atomic E-state index is 0.00782. The number of aromatic hydroxyl groups is 1. The summed E-state index contributed by atoms with van der Waals surface area (Å²) >= 11 is 6.08. The van der Waals surface area contributed by atoms with Crippen LogP contribution in [0, 0.1) is 10.1 Å². The van der Waals surface area contributed by atoms with Crippen molar-refractivity contribution >= 4 is 40.4 Å². The second-order valence-corrected chi connectivity index (χ2v) is 7.49. The Balaban J connectivity index is 1.97. The summed E-state index contributed by atoms with van der Waals surface area (Å²) in [7, 11) is 0. The van der Waals surface area contributed by atoms with Crippen LogP contribution in [0.4, 0.5) is 11.4 Å². The minimum Gasteiger partial charge on any atom is -0.508 e. The highest BCUT2D eigenvalue weighted by atomic mass is 35.5. The predicted octanol–water partition coefficient (Wildman–Crippen LogP) is 4.58. The third-order valence-corrected chi connectivity index (χ3v) is 5.28. The number of anilines is 1. The molecule has 1 heterocycles. The average molecular weight is 451 g/mol. The number of nitro benzene ring substituents is 1. The molecule has 0 aromatic heterocycles. The van der Waals surface area contributed by atoms with Crippen molar-refractivity contribution in [2.24, 2.45) is 0 Å². The number of ketones is 1. The van der Waals surface area contributed by atoms with Crippen molar-refractivity contribution < 1.29 is 24.7 Å². The summed E-state index contributed by atoms with van der Waals surface area (Å²) in [6, 6.07) is 16.2. The lowest BCUT2D eigenvalue weighted by Crippen LogP contribution is -2.29. The van der Waals surface area contributed by atoms with Crippen LogP contribution in [0.5, 0.6) is 5.75 Å². The van der Waals surface area contributed by atoms with Gasteiger partial charge < -0.3 is 10.2 Å². The van der Waals surface area contributed by atoms with E-state index < -0.39 is 28.4 Å². The van der Waals surface area contributed by atoms with Crippen LogP contribution in [0.2, 0.25) is 5.02 Å². The highest BCUT2D eigenvalue weighted by Crippen LogP contribution is 2.43.